The van der Waals surface area contributed by atoms with Crippen LogP contribution in [-0.2, 0) is 27.7 Å². The molecule has 2 aliphatic heterocycles. The number of ether oxygens (including phenoxy) is 3. The van der Waals surface area contributed by atoms with Gasteiger partial charge in [0.25, 0.3) is 0 Å². The Kier molecular flexibility index (Phi) is 7.96. The number of aliphatic hydroxyl groups excluding tert-OH is 1. The minimum Gasteiger partial charge on any atom is -0.394 e. The summed E-state index contributed by atoms with van der Waals surface area (Å²) in [7, 11) is 1.95. The monoisotopic (exact) mass is 610 g/mol. The van der Waals surface area contributed by atoms with Crippen LogP contribution < -0.4 is 10.6 Å². The Bertz CT molecular complexity index is 1700. The van der Waals surface area contributed by atoms with E-state index in [0.717, 1.165) is 5.69 Å². The van der Waals surface area contributed by atoms with Crippen LogP contribution in [0.1, 0.15) is 42.8 Å². The Morgan fingerprint density at radius 1 is 0.911 bits per heavy atom. The second-order valence-corrected chi connectivity index (χ2v) is 12.0. The smallest absolute Gasteiger partial charge is 0.226 e. The molecule has 5 heterocycles. The lowest BCUT2D eigenvalue weighted by Gasteiger charge is -2.24. The summed E-state index contributed by atoms with van der Waals surface area (Å²) in [4.78, 5) is 19.0. The predicted octanol–water partition coefficient (Wildman–Crippen LogP) is 3.87. The molecule has 234 valence electrons. The lowest BCUT2D eigenvalue weighted by molar-refractivity contribution is -0.199. The fourth-order valence-corrected chi connectivity index (χ4v) is 6.23. The highest BCUT2D eigenvalue weighted by molar-refractivity contribution is 5.84. The number of aryl methyl sites for hydroxylation is 1. The van der Waals surface area contributed by atoms with E-state index in [4.69, 9.17) is 29.2 Å². The first-order valence-electron chi connectivity index (χ1n) is 15.3. The summed E-state index contributed by atoms with van der Waals surface area (Å²) in [5, 5.41) is 17.0. The van der Waals surface area contributed by atoms with Crippen molar-refractivity contribution in [3.05, 3.63) is 96.3 Å². The molecule has 12 heteroatoms. The topological polar surface area (TPSA) is 133 Å². The van der Waals surface area contributed by atoms with E-state index >= 15 is 0 Å². The van der Waals surface area contributed by atoms with Crippen LogP contribution in [-0.4, -0.2) is 78.0 Å². The first-order chi connectivity index (χ1) is 21.9. The molecule has 2 unspecified atom stereocenters. The molecule has 4 atom stereocenters. The van der Waals surface area contributed by atoms with E-state index in [9.17, 15) is 5.11 Å². The zero-order valence-electron chi connectivity index (χ0n) is 25.6. The fraction of sp³-hybridized carbons (Fsp3) is 0.394. The standard InChI is InChI=1S/C33H38N8O4/c1-33(2)44-27-25(18-42)43-31(28(27)45-33)41-20-37-26-29(38-32(39-30(26)41)34-15-14-23-17-40(3)19-36-23)35-16-24(21-10-6-4-7-11-21)22-12-8-5-9-13-22/h4-13,17,19-20,24-25,27-28,31,42H,14-16,18H2,1-3H3,(H2,34,35,38,39)/t25?,27-,28-,31?/m1/s1. The van der Waals surface area contributed by atoms with Gasteiger partial charge in [0.2, 0.25) is 5.95 Å². The van der Waals surface area contributed by atoms with Crippen molar-refractivity contribution in [3.8, 4) is 0 Å². The van der Waals surface area contributed by atoms with Crippen molar-refractivity contribution in [2.45, 2.75) is 56.5 Å². The van der Waals surface area contributed by atoms with Gasteiger partial charge in [0, 0.05) is 38.7 Å². The maximum absolute atomic E-state index is 10.1. The number of aliphatic hydroxyl groups is 1. The molecule has 45 heavy (non-hydrogen) atoms. The molecule has 2 fully saturated rings. The summed E-state index contributed by atoms with van der Waals surface area (Å²) in [6.07, 6.45) is 4.21. The van der Waals surface area contributed by atoms with Crippen LogP contribution >= 0.6 is 0 Å². The van der Waals surface area contributed by atoms with Crippen LogP contribution in [0, 0.1) is 0 Å². The van der Waals surface area contributed by atoms with Gasteiger partial charge in [0.1, 0.15) is 18.3 Å². The number of imidazole rings is 2. The molecule has 0 bridgehead atoms. The summed E-state index contributed by atoms with van der Waals surface area (Å²) in [6, 6.07) is 20.9. The molecule has 2 saturated heterocycles. The summed E-state index contributed by atoms with van der Waals surface area (Å²) in [5.41, 5.74) is 4.56. The highest BCUT2D eigenvalue weighted by Crippen LogP contribution is 2.44. The van der Waals surface area contributed by atoms with Crippen LogP contribution in [0.2, 0.25) is 0 Å². The van der Waals surface area contributed by atoms with Crippen LogP contribution in [0.5, 0.6) is 0 Å². The van der Waals surface area contributed by atoms with Gasteiger partial charge < -0.3 is 34.5 Å². The number of anilines is 2. The zero-order chi connectivity index (χ0) is 31.0. The lowest BCUT2D eigenvalue weighted by Crippen LogP contribution is -2.31. The largest absolute Gasteiger partial charge is 0.394 e. The highest BCUT2D eigenvalue weighted by Gasteiger charge is 2.56. The second-order valence-electron chi connectivity index (χ2n) is 12.0. The molecule has 0 amide bonds. The SMILES string of the molecule is Cn1cnc(CCNc2nc(NCC(c3ccccc3)c3ccccc3)c3ncn(C4OC(CO)[C@H]5OC(C)(C)O[C@@H]45)c3n2)c1. The number of fused-ring (bicyclic) bond motifs is 2. The Balaban J connectivity index is 1.22. The van der Waals surface area contributed by atoms with Gasteiger partial charge in [-0.25, -0.2) is 9.97 Å². The Labute approximate surface area is 261 Å². The van der Waals surface area contributed by atoms with Crippen LogP contribution in [0.25, 0.3) is 11.2 Å². The van der Waals surface area contributed by atoms with Gasteiger partial charge in [-0.1, -0.05) is 60.7 Å². The second kappa shape index (κ2) is 12.2. The van der Waals surface area contributed by atoms with Crippen molar-refractivity contribution < 1.29 is 19.3 Å². The van der Waals surface area contributed by atoms with Crippen LogP contribution in [0.4, 0.5) is 11.8 Å². The van der Waals surface area contributed by atoms with Gasteiger partial charge in [0.05, 0.1) is 25.0 Å². The molecule has 0 aliphatic carbocycles. The van der Waals surface area contributed by atoms with Gasteiger partial charge in [-0.2, -0.15) is 9.97 Å². The Morgan fingerprint density at radius 2 is 1.62 bits per heavy atom. The summed E-state index contributed by atoms with van der Waals surface area (Å²) in [6.45, 7) is 4.73. The predicted molar refractivity (Wildman–Crippen MR) is 169 cm³/mol. The van der Waals surface area contributed by atoms with Crippen molar-refractivity contribution in [1.82, 2.24) is 29.1 Å². The first-order valence-corrected chi connectivity index (χ1v) is 15.3. The minimum absolute atomic E-state index is 0.0792. The average molecular weight is 611 g/mol. The van der Waals surface area contributed by atoms with Gasteiger partial charge >= 0.3 is 0 Å². The van der Waals surface area contributed by atoms with E-state index in [1.165, 1.54) is 11.1 Å². The molecule has 0 spiro atoms. The molecular weight excluding hydrogens is 572 g/mol. The van der Waals surface area contributed by atoms with Crippen molar-refractivity contribution in [2.24, 2.45) is 7.05 Å². The van der Waals surface area contributed by atoms with Gasteiger partial charge in [-0.15, -0.1) is 0 Å². The first kappa shape index (κ1) is 29.4. The number of hydrogen-bond acceptors (Lipinski definition) is 10. The summed E-state index contributed by atoms with van der Waals surface area (Å²) >= 11 is 0. The number of benzene rings is 2. The van der Waals surface area contributed by atoms with Crippen molar-refractivity contribution in [2.75, 3.05) is 30.3 Å². The molecular formula is C33H38N8O4. The maximum Gasteiger partial charge on any atom is 0.226 e. The average Bonchev–Trinajstić information content (AvgIpc) is 3.81. The fourth-order valence-electron chi connectivity index (χ4n) is 6.23. The summed E-state index contributed by atoms with van der Waals surface area (Å²) < 4.78 is 22.4. The molecule has 7 rings (SSSR count). The van der Waals surface area contributed by atoms with E-state index in [2.05, 4.69) is 64.1 Å². The molecule has 2 aliphatic rings. The van der Waals surface area contributed by atoms with Crippen molar-refractivity contribution in [3.63, 3.8) is 0 Å². The van der Waals surface area contributed by atoms with E-state index in [-0.39, 0.29) is 12.5 Å². The van der Waals surface area contributed by atoms with E-state index in [1.807, 2.05) is 48.4 Å². The Hall–Kier alpha value is -4.36. The Morgan fingerprint density at radius 3 is 2.29 bits per heavy atom. The maximum atomic E-state index is 10.1. The number of rotatable bonds is 11. The zero-order valence-corrected chi connectivity index (χ0v) is 25.6. The van der Waals surface area contributed by atoms with E-state index in [0.29, 0.717) is 42.4 Å². The number of nitrogens with zero attached hydrogens (tertiary/aromatic N) is 6. The number of hydrogen-bond donors (Lipinski definition) is 3. The molecule has 12 nitrogen and oxygen atoms in total. The minimum atomic E-state index is -0.801. The third kappa shape index (κ3) is 6.01. The van der Waals surface area contributed by atoms with Crippen molar-refractivity contribution >= 4 is 22.9 Å². The molecule has 5 aromatic rings. The van der Waals surface area contributed by atoms with Gasteiger partial charge in [-0.3, -0.25) is 4.57 Å². The number of aromatic nitrogens is 6. The number of nitrogens with one attached hydrogen (secondary N) is 2. The van der Waals surface area contributed by atoms with Crippen molar-refractivity contribution in [1.29, 1.82) is 0 Å². The van der Waals surface area contributed by atoms with Gasteiger partial charge in [-0.05, 0) is 25.0 Å². The third-order valence-corrected chi connectivity index (χ3v) is 8.30. The van der Waals surface area contributed by atoms with Crippen LogP contribution in [0.3, 0.4) is 0 Å². The molecule has 2 aromatic carbocycles. The molecule has 3 aromatic heterocycles. The normalized spacial score (nSPS) is 22.2. The van der Waals surface area contributed by atoms with Crippen LogP contribution in [0.15, 0.2) is 79.5 Å². The molecule has 3 N–H and O–H groups in total. The lowest BCUT2D eigenvalue weighted by atomic mass is 9.91. The van der Waals surface area contributed by atoms with E-state index in [1.54, 1.807) is 12.7 Å². The summed E-state index contributed by atoms with van der Waals surface area (Å²) in [5.74, 6) is 0.338. The highest BCUT2D eigenvalue weighted by atomic mass is 16.8. The quantitative estimate of drug-likeness (QED) is 0.202. The molecule has 0 radical (unpaired) electrons. The van der Waals surface area contributed by atoms with Gasteiger partial charge in [0.15, 0.2) is 29.0 Å². The molecule has 0 saturated carbocycles. The third-order valence-electron chi connectivity index (χ3n) is 8.30. The van der Waals surface area contributed by atoms with E-state index < -0.39 is 30.3 Å².